The van der Waals surface area contributed by atoms with Gasteiger partial charge in [-0.25, -0.2) is 0 Å². The number of likely N-dealkylation sites (tertiary alicyclic amines) is 1. The Bertz CT molecular complexity index is 1160. The van der Waals surface area contributed by atoms with Crippen molar-refractivity contribution < 1.29 is 14.7 Å². The highest BCUT2D eigenvalue weighted by atomic mass is 32.2. The lowest BCUT2D eigenvalue weighted by molar-refractivity contribution is 0.0726. The molecule has 172 valence electrons. The summed E-state index contributed by atoms with van der Waals surface area (Å²) in [5.74, 6) is -0.336. The summed E-state index contributed by atoms with van der Waals surface area (Å²) in [6.45, 7) is 4.31. The van der Waals surface area contributed by atoms with Gasteiger partial charge in [-0.2, -0.15) is 0 Å². The summed E-state index contributed by atoms with van der Waals surface area (Å²) < 4.78 is 1.87. The van der Waals surface area contributed by atoms with Crippen molar-refractivity contribution >= 4 is 23.5 Å². The van der Waals surface area contributed by atoms with Gasteiger partial charge < -0.3 is 14.6 Å². The lowest BCUT2D eigenvalue weighted by Crippen LogP contribution is -2.34. The molecule has 1 saturated heterocycles. The number of carbonyl (C=O) groups is 2. The first kappa shape index (κ1) is 23.1. The Morgan fingerprint density at radius 2 is 2.09 bits per heavy atom. The molecule has 9 heteroatoms. The van der Waals surface area contributed by atoms with E-state index in [0.29, 0.717) is 18.5 Å². The Balaban J connectivity index is 1.45. The predicted molar refractivity (Wildman–Crippen MR) is 125 cm³/mol. The van der Waals surface area contributed by atoms with E-state index in [1.807, 2.05) is 42.8 Å². The molecule has 1 aromatic carbocycles. The Hall–Kier alpha value is -3.04. The number of aliphatic hydroxyl groups excluding tert-OH is 1. The maximum absolute atomic E-state index is 13.0. The van der Waals surface area contributed by atoms with Crippen LogP contribution in [0.15, 0.2) is 54.1 Å². The van der Waals surface area contributed by atoms with Crippen LogP contribution in [-0.2, 0) is 13.5 Å². The fourth-order valence-electron chi connectivity index (χ4n) is 4.00. The number of thioether (sulfide) groups is 1. The average Bonchev–Trinajstić information content (AvgIpc) is 3.37. The van der Waals surface area contributed by atoms with Gasteiger partial charge in [0.05, 0.1) is 6.10 Å². The molecule has 4 rings (SSSR count). The number of aromatic nitrogens is 4. The molecule has 0 saturated carbocycles. The second kappa shape index (κ2) is 9.84. The smallest absolute Gasteiger partial charge is 0.254 e. The molecular formula is C24H27N5O3S. The van der Waals surface area contributed by atoms with Crippen LogP contribution in [-0.4, -0.2) is 60.1 Å². The van der Waals surface area contributed by atoms with E-state index in [1.165, 1.54) is 6.20 Å². The predicted octanol–water partition coefficient (Wildman–Crippen LogP) is 3.08. The van der Waals surface area contributed by atoms with E-state index >= 15 is 0 Å². The zero-order chi connectivity index (χ0) is 23.5. The largest absolute Gasteiger partial charge is 0.391 e. The second-order valence-electron chi connectivity index (χ2n) is 8.46. The molecular weight excluding hydrogens is 438 g/mol. The molecule has 1 fully saturated rings. The molecule has 3 atom stereocenters. The Morgan fingerprint density at radius 1 is 1.27 bits per heavy atom. The maximum atomic E-state index is 13.0. The van der Waals surface area contributed by atoms with Crippen molar-refractivity contribution in [1.29, 1.82) is 0 Å². The van der Waals surface area contributed by atoms with Crippen molar-refractivity contribution in [1.82, 2.24) is 24.6 Å². The van der Waals surface area contributed by atoms with Gasteiger partial charge in [-0.3, -0.25) is 14.6 Å². The molecule has 0 aliphatic carbocycles. The molecule has 3 aromatic rings. The summed E-state index contributed by atoms with van der Waals surface area (Å²) in [5.41, 5.74) is 2.65. The topological polar surface area (TPSA) is 101 Å². The van der Waals surface area contributed by atoms with Crippen LogP contribution >= 0.6 is 11.8 Å². The van der Waals surface area contributed by atoms with Crippen LogP contribution in [0.25, 0.3) is 0 Å². The Kier molecular flexibility index (Phi) is 6.90. The summed E-state index contributed by atoms with van der Waals surface area (Å²) >= 11 is 1.60. The Morgan fingerprint density at radius 3 is 2.79 bits per heavy atom. The van der Waals surface area contributed by atoms with Crippen LogP contribution in [0.1, 0.15) is 57.5 Å². The van der Waals surface area contributed by atoms with Crippen LogP contribution in [0, 0.1) is 0 Å². The quantitative estimate of drug-likeness (QED) is 0.423. The van der Waals surface area contributed by atoms with E-state index in [1.54, 1.807) is 35.1 Å². The van der Waals surface area contributed by atoms with Crippen molar-refractivity contribution in [2.75, 3.05) is 6.54 Å². The number of nitrogens with zero attached hydrogens (tertiary/aromatic N) is 5. The standard InChI is InChI=1S/C24H27N5O3S/c1-15-9-20(30)13-29(15)23(32)19-7-8-25-21(12-19)22(31)11-17-5-4-6-18(10-17)16(2)33-24-27-26-14-28(24)3/h4-8,10,12,14-16,20,30H,9,11,13H2,1-3H3/t15-,16+,20-/m1/s1. The number of aryl methyl sites for hydroxylation is 1. The molecule has 0 spiro atoms. The third-order valence-electron chi connectivity index (χ3n) is 5.84. The number of amides is 1. The zero-order valence-electron chi connectivity index (χ0n) is 18.9. The monoisotopic (exact) mass is 465 g/mol. The number of pyridine rings is 1. The molecule has 3 heterocycles. The van der Waals surface area contributed by atoms with Gasteiger partial charge in [0.1, 0.15) is 12.0 Å². The molecule has 8 nitrogen and oxygen atoms in total. The highest BCUT2D eigenvalue weighted by Gasteiger charge is 2.32. The molecule has 1 aliphatic rings. The molecule has 1 amide bonds. The van der Waals surface area contributed by atoms with E-state index < -0.39 is 6.10 Å². The summed E-state index contributed by atoms with van der Waals surface area (Å²) in [7, 11) is 1.91. The number of hydrogen-bond donors (Lipinski definition) is 1. The highest BCUT2D eigenvalue weighted by molar-refractivity contribution is 7.99. The number of rotatable bonds is 7. The van der Waals surface area contributed by atoms with Crippen molar-refractivity contribution in [2.45, 2.75) is 49.2 Å². The van der Waals surface area contributed by atoms with E-state index in [0.717, 1.165) is 16.3 Å². The number of benzene rings is 1. The van der Waals surface area contributed by atoms with Gasteiger partial charge in [-0.1, -0.05) is 36.0 Å². The fourth-order valence-corrected chi connectivity index (χ4v) is 4.91. The maximum Gasteiger partial charge on any atom is 0.254 e. The van der Waals surface area contributed by atoms with Gasteiger partial charge in [0.2, 0.25) is 0 Å². The van der Waals surface area contributed by atoms with Crippen LogP contribution in [0.5, 0.6) is 0 Å². The highest BCUT2D eigenvalue weighted by Crippen LogP contribution is 2.33. The van der Waals surface area contributed by atoms with E-state index in [9.17, 15) is 14.7 Å². The lowest BCUT2D eigenvalue weighted by Gasteiger charge is -2.21. The van der Waals surface area contributed by atoms with Crippen LogP contribution in [0.3, 0.4) is 0 Å². The van der Waals surface area contributed by atoms with E-state index in [4.69, 9.17) is 0 Å². The minimum Gasteiger partial charge on any atom is -0.391 e. The van der Waals surface area contributed by atoms with E-state index in [-0.39, 0.29) is 35.1 Å². The number of β-amino-alcohol motifs (C(OH)–C–C–N with tert-alkyl or cyclic N) is 1. The molecule has 1 N–H and O–H groups in total. The summed E-state index contributed by atoms with van der Waals surface area (Å²) in [4.78, 5) is 31.7. The first-order chi connectivity index (χ1) is 15.8. The van der Waals surface area contributed by atoms with Gasteiger partial charge in [-0.15, -0.1) is 10.2 Å². The van der Waals surface area contributed by atoms with Crippen LogP contribution in [0.4, 0.5) is 0 Å². The number of carbonyl (C=O) groups excluding carboxylic acids is 2. The lowest BCUT2D eigenvalue weighted by atomic mass is 10.0. The van der Waals surface area contributed by atoms with Gasteiger partial charge in [0.25, 0.3) is 5.91 Å². The zero-order valence-corrected chi connectivity index (χ0v) is 19.7. The molecule has 0 unspecified atom stereocenters. The fraction of sp³-hybridized carbons (Fsp3) is 0.375. The molecule has 0 radical (unpaired) electrons. The number of hydrogen-bond acceptors (Lipinski definition) is 7. The first-order valence-corrected chi connectivity index (χ1v) is 11.8. The van der Waals surface area contributed by atoms with Crippen molar-refractivity contribution in [3.8, 4) is 0 Å². The molecule has 2 aromatic heterocycles. The first-order valence-electron chi connectivity index (χ1n) is 10.9. The van der Waals surface area contributed by atoms with Gasteiger partial charge in [0.15, 0.2) is 10.9 Å². The van der Waals surface area contributed by atoms with Crippen molar-refractivity contribution in [3.05, 3.63) is 71.3 Å². The normalized spacial score (nSPS) is 19.0. The summed E-state index contributed by atoms with van der Waals surface area (Å²) in [6.07, 6.45) is 3.41. The SMILES string of the molecule is C[C@H](Sc1nncn1C)c1cccc(CC(=O)c2cc(C(=O)N3C[C@H](O)C[C@H]3C)ccn2)c1. The number of ketones is 1. The van der Waals surface area contributed by atoms with Gasteiger partial charge in [0, 0.05) is 43.1 Å². The van der Waals surface area contributed by atoms with E-state index in [2.05, 4.69) is 22.1 Å². The minimum absolute atomic E-state index is 0.0380. The van der Waals surface area contributed by atoms with Gasteiger partial charge in [-0.05, 0) is 43.5 Å². The van der Waals surface area contributed by atoms with Crippen LogP contribution < -0.4 is 0 Å². The second-order valence-corrected chi connectivity index (χ2v) is 9.76. The van der Waals surface area contributed by atoms with Crippen LogP contribution in [0.2, 0.25) is 0 Å². The molecule has 1 aliphatic heterocycles. The minimum atomic E-state index is -0.506. The summed E-state index contributed by atoms with van der Waals surface area (Å²) in [5, 5.41) is 18.8. The average molecular weight is 466 g/mol. The number of aliphatic hydroxyl groups is 1. The Labute approximate surface area is 197 Å². The number of Topliss-reactive ketones (excluding diaryl/α,β-unsaturated/α-hetero) is 1. The molecule has 33 heavy (non-hydrogen) atoms. The summed E-state index contributed by atoms with van der Waals surface area (Å²) in [6, 6.07) is 11.0. The van der Waals surface area contributed by atoms with Crippen molar-refractivity contribution in [3.63, 3.8) is 0 Å². The third kappa shape index (κ3) is 5.31. The van der Waals surface area contributed by atoms with Crippen molar-refractivity contribution in [2.24, 2.45) is 7.05 Å². The molecule has 0 bridgehead atoms. The third-order valence-corrected chi connectivity index (χ3v) is 7.05. The van der Waals surface area contributed by atoms with Gasteiger partial charge >= 0.3 is 0 Å².